The third-order valence-corrected chi connectivity index (χ3v) is 3.89. The van der Waals surface area contributed by atoms with Crippen molar-refractivity contribution in [1.82, 2.24) is 10.1 Å². The Kier molecular flexibility index (Phi) is 1.79. The van der Waals surface area contributed by atoms with Crippen LogP contribution in [0.1, 0.15) is 11.5 Å². The van der Waals surface area contributed by atoms with Gasteiger partial charge in [-0.1, -0.05) is 5.16 Å². The Hall–Kier alpha value is -2.03. The molecule has 3 atom stereocenters. The zero-order chi connectivity index (χ0) is 12.2. The van der Waals surface area contributed by atoms with Crippen LogP contribution in [0.25, 0.3) is 0 Å². The molecule has 2 aliphatic rings. The third-order valence-electron chi connectivity index (χ3n) is 3.89. The molecule has 1 aliphatic carbocycles. The van der Waals surface area contributed by atoms with Crippen molar-refractivity contribution in [2.24, 2.45) is 11.8 Å². The van der Waals surface area contributed by atoms with E-state index in [1.807, 2.05) is 0 Å². The molecule has 1 aromatic rings. The molecule has 6 heteroatoms. The fourth-order valence-corrected chi connectivity index (χ4v) is 2.95. The molecular weight excluding hydrogens is 222 g/mol. The minimum atomic E-state index is -0.916. The first-order chi connectivity index (χ1) is 8.09. The van der Waals surface area contributed by atoms with Crippen LogP contribution in [0.15, 0.2) is 10.6 Å². The number of nitrogens with zero attached hydrogens (tertiary/aromatic N) is 3. The van der Waals surface area contributed by atoms with Crippen molar-refractivity contribution in [3.8, 4) is 6.07 Å². The van der Waals surface area contributed by atoms with Gasteiger partial charge in [-0.3, -0.25) is 0 Å². The Labute approximate surface area is 97.4 Å². The van der Waals surface area contributed by atoms with Gasteiger partial charge in [-0.25, -0.2) is 4.79 Å². The van der Waals surface area contributed by atoms with E-state index in [0.717, 1.165) is 0 Å². The first-order valence-corrected chi connectivity index (χ1v) is 5.42. The van der Waals surface area contributed by atoms with Gasteiger partial charge in [0.1, 0.15) is 16.9 Å². The lowest BCUT2D eigenvalue weighted by molar-refractivity contribution is 0.148. The summed E-state index contributed by atoms with van der Waals surface area (Å²) in [5.41, 5.74) is 0.0292. The second kappa shape index (κ2) is 3.00. The zero-order valence-electron chi connectivity index (χ0n) is 9.25. The number of hydrogen-bond acceptors (Lipinski definition) is 4. The van der Waals surface area contributed by atoms with E-state index in [2.05, 4.69) is 11.2 Å². The average Bonchev–Trinajstić information content (AvgIpc) is 2.72. The fourth-order valence-electron chi connectivity index (χ4n) is 2.95. The molecule has 1 aliphatic heterocycles. The average molecular weight is 233 g/mol. The minimum absolute atomic E-state index is 0.0631. The van der Waals surface area contributed by atoms with Crippen LogP contribution < -0.4 is 0 Å². The largest absolute Gasteiger partial charge is 0.465 e. The Morgan fingerprint density at radius 3 is 2.76 bits per heavy atom. The second-order valence-electron chi connectivity index (χ2n) is 4.70. The van der Waals surface area contributed by atoms with E-state index >= 15 is 0 Å². The maximum Gasteiger partial charge on any atom is 0.407 e. The van der Waals surface area contributed by atoms with E-state index in [9.17, 15) is 10.1 Å². The highest BCUT2D eigenvalue weighted by molar-refractivity contribution is 5.66. The summed E-state index contributed by atoms with van der Waals surface area (Å²) in [6.07, 6.45) is -0.916. The molecule has 0 radical (unpaired) electrons. The van der Waals surface area contributed by atoms with Crippen LogP contribution >= 0.6 is 0 Å². The number of amides is 1. The summed E-state index contributed by atoms with van der Waals surface area (Å²) in [4.78, 5) is 12.2. The van der Waals surface area contributed by atoms with Gasteiger partial charge in [0.25, 0.3) is 0 Å². The quantitative estimate of drug-likeness (QED) is 0.780. The van der Waals surface area contributed by atoms with Crippen LogP contribution in [-0.2, 0) is 5.41 Å². The van der Waals surface area contributed by atoms with E-state index in [4.69, 9.17) is 9.63 Å². The number of hydrogen-bond donors (Lipinski definition) is 1. The van der Waals surface area contributed by atoms with Gasteiger partial charge in [-0.2, -0.15) is 5.26 Å². The highest BCUT2D eigenvalue weighted by Crippen LogP contribution is 2.62. The monoisotopic (exact) mass is 233 g/mol. The molecule has 2 fully saturated rings. The Morgan fingerprint density at radius 1 is 1.71 bits per heavy atom. The third kappa shape index (κ3) is 1.14. The lowest BCUT2D eigenvalue weighted by Crippen LogP contribution is -2.33. The number of aromatic nitrogens is 1. The standard InChI is InChI=1S/C11H11N3O3/c1-6-2-9(13-17-6)11(5-12)7-3-14(10(15)16)4-8(7)11/h2,7-8H,3-4H2,1H3,(H,15,16)/t7-,8+,11+. The Bertz CT molecular complexity index is 518. The molecular formula is C11H11N3O3. The van der Waals surface area contributed by atoms with Crippen LogP contribution in [0.4, 0.5) is 4.79 Å². The van der Waals surface area contributed by atoms with Crippen LogP contribution in [0.3, 0.4) is 0 Å². The molecule has 1 aromatic heterocycles. The van der Waals surface area contributed by atoms with Crippen LogP contribution in [0.5, 0.6) is 0 Å². The van der Waals surface area contributed by atoms with Crippen LogP contribution in [0, 0.1) is 30.1 Å². The summed E-state index contributed by atoms with van der Waals surface area (Å²) in [6, 6.07) is 4.07. The number of nitriles is 1. The van der Waals surface area contributed by atoms with Gasteiger partial charge in [-0.05, 0) is 6.92 Å². The number of likely N-dealkylation sites (tertiary alicyclic amines) is 1. The van der Waals surface area contributed by atoms with Crippen LogP contribution in [-0.4, -0.2) is 34.3 Å². The number of fused-ring (bicyclic) bond motifs is 1. The van der Waals surface area contributed by atoms with E-state index < -0.39 is 11.5 Å². The van der Waals surface area contributed by atoms with E-state index in [1.165, 1.54) is 4.90 Å². The minimum Gasteiger partial charge on any atom is -0.465 e. The van der Waals surface area contributed by atoms with Crippen molar-refractivity contribution in [2.45, 2.75) is 12.3 Å². The lowest BCUT2D eigenvalue weighted by atomic mass is 9.97. The lowest BCUT2D eigenvalue weighted by Gasteiger charge is -2.18. The van der Waals surface area contributed by atoms with Crippen LogP contribution in [0.2, 0.25) is 0 Å². The molecule has 0 unspecified atom stereocenters. The predicted molar refractivity (Wildman–Crippen MR) is 55.1 cm³/mol. The molecule has 0 aromatic carbocycles. The molecule has 17 heavy (non-hydrogen) atoms. The van der Waals surface area contributed by atoms with Crippen molar-refractivity contribution in [3.63, 3.8) is 0 Å². The van der Waals surface area contributed by atoms with Gasteiger partial charge in [-0.15, -0.1) is 0 Å². The molecule has 3 rings (SSSR count). The molecule has 1 saturated carbocycles. The van der Waals surface area contributed by atoms with E-state index in [1.54, 1.807) is 13.0 Å². The highest BCUT2D eigenvalue weighted by atomic mass is 16.5. The van der Waals surface area contributed by atoms with Gasteiger partial charge < -0.3 is 14.5 Å². The normalized spacial score (nSPS) is 34.2. The van der Waals surface area contributed by atoms with Crippen molar-refractivity contribution in [3.05, 3.63) is 17.5 Å². The number of aryl methyl sites for hydroxylation is 1. The van der Waals surface area contributed by atoms with Gasteiger partial charge >= 0.3 is 6.09 Å². The first kappa shape index (κ1) is 10.1. The molecule has 0 bridgehead atoms. The topological polar surface area (TPSA) is 90.4 Å². The van der Waals surface area contributed by atoms with Crippen molar-refractivity contribution in [2.75, 3.05) is 13.1 Å². The van der Waals surface area contributed by atoms with Crippen molar-refractivity contribution >= 4 is 6.09 Å². The molecule has 1 amide bonds. The number of carboxylic acid groups (broad SMARTS) is 1. The fraction of sp³-hybridized carbons (Fsp3) is 0.545. The summed E-state index contributed by atoms with van der Waals surface area (Å²) in [7, 11) is 0. The SMILES string of the molecule is Cc1cc([C@@]2(C#N)[C@@H]3CN(C(=O)O)C[C@@H]32)no1. The van der Waals surface area contributed by atoms with Crippen molar-refractivity contribution in [1.29, 1.82) is 5.26 Å². The highest BCUT2D eigenvalue weighted by Gasteiger charge is 2.72. The summed E-state index contributed by atoms with van der Waals surface area (Å²) >= 11 is 0. The summed E-state index contributed by atoms with van der Waals surface area (Å²) in [6.45, 7) is 2.61. The Balaban J connectivity index is 1.87. The first-order valence-electron chi connectivity index (χ1n) is 5.42. The number of rotatable bonds is 1. The summed E-state index contributed by atoms with van der Waals surface area (Å²) in [5.74, 6) is 0.802. The summed E-state index contributed by atoms with van der Waals surface area (Å²) in [5, 5.41) is 22.1. The van der Waals surface area contributed by atoms with E-state index in [-0.39, 0.29) is 11.8 Å². The molecule has 1 N–H and O–H groups in total. The Morgan fingerprint density at radius 2 is 2.35 bits per heavy atom. The van der Waals surface area contributed by atoms with Gasteiger partial charge in [0.15, 0.2) is 0 Å². The molecule has 0 spiro atoms. The maximum absolute atomic E-state index is 10.8. The molecule has 88 valence electrons. The summed E-state index contributed by atoms with van der Waals surface area (Å²) < 4.78 is 5.00. The predicted octanol–water partition coefficient (Wildman–Crippen LogP) is 0.984. The molecule has 1 saturated heterocycles. The molecule has 2 heterocycles. The number of carbonyl (C=O) groups is 1. The van der Waals surface area contributed by atoms with Gasteiger partial charge in [0.05, 0.1) is 6.07 Å². The smallest absolute Gasteiger partial charge is 0.407 e. The van der Waals surface area contributed by atoms with Crippen molar-refractivity contribution < 1.29 is 14.4 Å². The molecule has 6 nitrogen and oxygen atoms in total. The van der Waals surface area contributed by atoms with E-state index in [0.29, 0.717) is 24.5 Å². The van der Waals surface area contributed by atoms with Gasteiger partial charge in [0.2, 0.25) is 0 Å². The second-order valence-corrected chi connectivity index (χ2v) is 4.70. The number of piperidine rings is 1. The zero-order valence-corrected chi connectivity index (χ0v) is 9.25. The van der Waals surface area contributed by atoms with Gasteiger partial charge in [0, 0.05) is 31.0 Å². The maximum atomic E-state index is 10.8.